The van der Waals surface area contributed by atoms with Crippen LogP contribution in [0.3, 0.4) is 0 Å². The number of hydrogen-bond donors (Lipinski definition) is 2. The number of pyridine rings is 1. The maximum atomic E-state index is 14.6. The molecule has 3 heterocycles. The van der Waals surface area contributed by atoms with Crippen LogP contribution in [0.25, 0.3) is 22.2 Å². The van der Waals surface area contributed by atoms with Gasteiger partial charge >= 0.3 is 0 Å². The van der Waals surface area contributed by atoms with Crippen molar-refractivity contribution in [1.29, 1.82) is 0 Å². The van der Waals surface area contributed by atoms with E-state index in [4.69, 9.17) is 42.4 Å². The molecular weight excluding hydrogens is 749 g/mol. The zero-order valence-electron chi connectivity index (χ0n) is 31.2. The maximum Gasteiger partial charge on any atom is 0.260 e. The van der Waals surface area contributed by atoms with Gasteiger partial charge in [-0.3, -0.25) is 23.7 Å². The number of benzene rings is 2. The lowest BCUT2D eigenvalue weighted by atomic mass is 9.97. The molecule has 55 heavy (non-hydrogen) atoms. The zero-order valence-corrected chi connectivity index (χ0v) is 32.7. The number of ether oxygens (including phenoxy) is 3. The van der Waals surface area contributed by atoms with Gasteiger partial charge in [-0.15, -0.1) is 0 Å². The number of hydrogen-bond acceptors (Lipinski definition) is 11. The predicted molar refractivity (Wildman–Crippen MR) is 213 cm³/mol. The summed E-state index contributed by atoms with van der Waals surface area (Å²) in [6.45, 7) is 4.80. The van der Waals surface area contributed by atoms with Crippen molar-refractivity contribution in [1.82, 2.24) is 24.3 Å². The fourth-order valence-corrected chi connectivity index (χ4v) is 6.98. The summed E-state index contributed by atoms with van der Waals surface area (Å²) >= 11 is 13.6. The lowest BCUT2D eigenvalue weighted by Gasteiger charge is -2.20. The molecule has 0 aliphatic carbocycles. The number of aromatic nitrogens is 3. The monoisotopic (exact) mass is 791 g/mol. The molecule has 0 spiro atoms. The number of ketones is 1. The van der Waals surface area contributed by atoms with Gasteiger partial charge in [-0.05, 0) is 43.9 Å². The van der Waals surface area contributed by atoms with E-state index in [1.54, 1.807) is 47.5 Å². The molecule has 2 N–H and O–H groups in total. The minimum absolute atomic E-state index is 0.0616. The number of allylic oxidation sites excluding steroid dienone is 1. The molecule has 2 unspecified atom stereocenters. The number of fused-ring (bicyclic) bond motifs is 1. The van der Waals surface area contributed by atoms with Crippen LogP contribution < -0.4 is 25.7 Å². The lowest BCUT2D eigenvalue weighted by molar-refractivity contribution is -0.134. The van der Waals surface area contributed by atoms with Gasteiger partial charge in [-0.2, -0.15) is 4.98 Å². The second-order valence-corrected chi connectivity index (χ2v) is 13.9. The highest BCUT2D eigenvalue weighted by molar-refractivity contribution is 6.41. The van der Waals surface area contributed by atoms with Crippen molar-refractivity contribution < 1.29 is 28.6 Å². The van der Waals surface area contributed by atoms with Gasteiger partial charge in [0.2, 0.25) is 17.8 Å². The Morgan fingerprint density at radius 1 is 1.04 bits per heavy atom. The van der Waals surface area contributed by atoms with Crippen LogP contribution in [0.5, 0.6) is 11.5 Å². The third kappa shape index (κ3) is 9.70. The Kier molecular flexibility index (Phi) is 13.7. The number of carbonyl (C=O) groups excluding carboxylic acids is 3. The van der Waals surface area contributed by atoms with E-state index in [9.17, 15) is 19.2 Å². The molecule has 1 fully saturated rings. The van der Waals surface area contributed by atoms with E-state index in [0.717, 1.165) is 5.56 Å². The smallest absolute Gasteiger partial charge is 0.260 e. The van der Waals surface area contributed by atoms with Crippen molar-refractivity contribution in [2.24, 2.45) is 5.92 Å². The van der Waals surface area contributed by atoms with Crippen LogP contribution in [0.2, 0.25) is 10.0 Å². The lowest BCUT2D eigenvalue weighted by Crippen LogP contribution is -2.34. The highest BCUT2D eigenvalue weighted by Crippen LogP contribution is 2.45. The number of nitrogens with one attached hydrogen (secondary N) is 2. The summed E-state index contributed by atoms with van der Waals surface area (Å²) in [4.78, 5) is 65.1. The van der Waals surface area contributed by atoms with Crippen LogP contribution >= 0.6 is 23.2 Å². The highest BCUT2D eigenvalue weighted by Gasteiger charge is 2.36. The van der Waals surface area contributed by atoms with Crippen molar-refractivity contribution in [3.63, 3.8) is 0 Å². The Morgan fingerprint density at radius 2 is 1.73 bits per heavy atom. The Hall–Kier alpha value is -5.28. The first-order valence-corrected chi connectivity index (χ1v) is 18.0. The van der Waals surface area contributed by atoms with Gasteiger partial charge < -0.3 is 34.6 Å². The maximum absolute atomic E-state index is 14.6. The van der Waals surface area contributed by atoms with Crippen LogP contribution in [0.4, 0.5) is 11.6 Å². The molecule has 4 aromatic rings. The third-order valence-corrected chi connectivity index (χ3v) is 9.79. The summed E-state index contributed by atoms with van der Waals surface area (Å²) in [5.41, 5.74) is 1.49. The van der Waals surface area contributed by atoms with E-state index < -0.39 is 5.56 Å². The SMILES string of the molecule is C=CC(=O)CC1CN(C(=O)COC)CC1Nc1ncc2cc(-c3c(Cl)c(OC)cc(OC)c3Cl)c(=O)n(Cc3ccc(NC(=O)/C=C/CN(C)C)cc3)c2n1. The molecule has 2 aromatic heterocycles. The number of likely N-dealkylation sites (tertiary alicyclic amines) is 1. The van der Waals surface area contributed by atoms with E-state index in [-0.39, 0.29) is 94.3 Å². The first-order valence-electron chi connectivity index (χ1n) is 17.3. The molecule has 290 valence electrons. The van der Waals surface area contributed by atoms with Gasteiger partial charge in [-0.25, -0.2) is 4.98 Å². The Bertz CT molecular complexity index is 2140. The molecular formula is C39H43Cl2N7O7. The number of methoxy groups -OCH3 is 3. The zero-order chi connectivity index (χ0) is 39.8. The molecule has 1 aliphatic rings. The predicted octanol–water partition coefficient (Wildman–Crippen LogP) is 4.92. The van der Waals surface area contributed by atoms with E-state index in [0.29, 0.717) is 29.8 Å². The molecule has 0 bridgehead atoms. The summed E-state index contributed by atoms with van der Waals surface area (Å²) in [5, 5.41) is 6.87. The number of anilines is 2. The van der Waals surface area contributed by atoms with E-state index in [2.05, 4.69) is 22.2 Å². The van der Waals surface area contributed by atoms with E-state index in [1.807, 2.05) is 19.0 Å². The summed E-state index contributed by atoms with van der Waals surface area (Å²) < 4.78 is 17.5. The van der Waals surface area contributed by atoms with E-state index >= 15 is 0 Å². The minimum Gasteiger partial charge on any atom is -0.495 e. The average Bonchev–Trinajstić information content (AvgIpc) is 3.55. The number of nitrogens with zero attached hydrogens (tertiary/aromatic N) is 5. The van der Waals surface area contributed by atoms with Crippen molar-refractivity contribution in [2.75, 3.05) is 72.3 Å². The van der Waals surface area contributed by atoms with Gasteiger partial charge in [0.05, 0.1) is 42.4 Å². The summed E-state index contributed by atoms with van der Waals surface area (Å²) in [6.07, 6.45) is 6.23. The van der Waals surface area contributed by atoms with Crippen LogP contribution in [-0.4, -0.2) is 110 Å². The molecule has 1 saturated heterocycles. The number of carbonyl (C=O) groups is 3. The van der Waals surface area contributed by atoms with Crippen LogP contribution in [0.1, 0.15) is 12.0 Å². The first-order chi connectivity index (χ1) is 26.4. The van der Waals surface area contributed by atoms with Crippen LogP contribution in [0.15, 0.2) is 72.2 Å². The molecule has 0 radical (unpaired) electrons. The van der Waals surface area contributed by atoms with Crippen molar-refractivity contribution >= 4 is 63.5 Å². The van der Waals surface area contributed by atoms with Gasteiger partial charge in [0.1, 0.15) is 23.8 Å². The number of amides is 2. The number of halogens is 2. The highest BCUT2D eigenvalue weighted by atomic mass is 35.5. The molecule has 0 saturated carbocycles. The van der Waals surface area contributed by atoms with Crippen LogP contribution in [0, 0.1) is 5.92 Å². The van der Waals surface area contributed by atoms with Crippen LogP contribution in [-0.2, 0) is 25.7 Å². The van der Waals surface area contributed by atoms with Crippen molar-refractivity contribution in [3.05, 3.63) is 93.4 Å². The largest absolute Gasteiger partial charge is 0.495 e. The third-order valence-electron chi connectivity index (χ3n) is 9.04. The summed E-state index contributed by atoms with van der Waals surface area (Å²) in [6, 6.07) is 9.84. The minimum atomic E-state index is -0.466. The molecule has 2 atom stereocenters. The topological polar surface area (TPSA) is 157 Å². The van der Waals surface area contributed by atoms with Crippen molar-refractivity contribution in [3.8, 4) is 22.6 Å². The molecule has 16 heteroatoms. The molecule has 1 aliphatic heterocycles. The first kappa shape index (κ1) is 40.9. The Labute approximate surface area is 328 Å². The Balaban J connectivity index is 1.57. The quantitative estimate of drug-likeness (QED) is 0.149. The average molecular weight is 793 g/mol. The number of likely N-dealkylation sites (N-methyl/N-ethyl adjacent to an activating group) is 1. The normalized spacial score (nSPS) is 15.5. The van der Waals surface area contributed by atoms with Gasteiger partial charge in [0.25, 0.3) is 5.56 Å². The number of rotatable bonds is 16. The van der Waals surface area contributed by atoms with E-state index in [1.165, 1.54) is 44.1 Å². The molecule has 14 nitrogen and oxygen atoms in total. The van der Waals surface area contributed by atoms with Crippen molar-refractivity contribution in [2.45, 2.75) is 19.0 Å². The Morgan fingerprint density at radius 3 is 2.35 bits per heavy atom. The van der Waals surface area contributed by atoms with Gasteiger partial charge in [-0.1, -0.05) is 48.0 Å². The second kappa shape index (κ2) is 18.4. The molecule has 5 rings (SSSR count). The van der Waals surface area contributed by atoms with Gasteiger partial charge in [0.15, 0.2) is 5.78 Å². The fourth-order valence-electron chi connectivity index (χ4n) is 6.27. The molecule has 2 amide bonds. The fraction of sp³-hybridized carbons (Fsp3) is 0.333. The standard InChI is InChI=1S/C39H43Cl2N7O7/c1-7-27(49)15-25-20-47(33(51)22-53-4)21-29(25)44-39-42-18-24-16-28(34-35(40)30(54-5)17-31(55-6)36(34)41)38(52)48(37(24)45-39)19-23-10-12-26(13-11-23)43-32(50)9-8-14-46(2)3/h7-13,16-18,25,29H,1,14-15,19-22H2,2-6H3,(H,43,50)(H,42,44,45)/b9-8+. The second-order valence-electron chi connectivity index (χ2n) is 13.2. The molecule has 2 aromatic carbocycles. The summed E-state index contributed by atoms with van der Waals surface area (Å²) in [7, 11) is 8.15. The van der Waals surface area contributed by atoms with Gasteiger partial charge in [0, 0.05) is 74.1 Å². The summed E-state index contributed by atoms with van der Waals surface area (Å²) in [5.74, 6) is -0.188.